The first-order chi connectivity index (χ1) is 13.0. The molecule has 136 valence electrons. The van der Waals surface area contributed by atoms with Gasteiger partial charge in [-0.05, 0) is 30.0 Å². The molecule has 27 heavy (non-hydrogen) atoms. The number of hydrogen-bond acceptors (Lipinski definition) is 5. The zero-order valence-electron chi connectivity index (χ0n) is 15.2. The van der Waals surface area contributed by atoms with Gasteiger partial charge in [-0.1, -0.05) is 37.6 Å². The van der Waals surface area contributed by atoms with E-state index in [1.165, 1.54) is 0 Å². The van der Waals surface area contributed by atoms with Crippen LogP contribution in [0.1, 0.15) is 30.9 Å². The molecule has 4 rings (SSSR count). The second-order valence-corrected chi connectivity index (χ2v) is 7.93. The summed E-state index contributed by atoms with van der Waals surface area (Å²) in [6, 6.07) is 11.6. The Morgan fingerprint density at radius 2 is 2.04 bits per heavy atom. The highest BCUT2D eigenvalue weighted by Gasteiger charge is 2.31. The molecule has 0 fully saturated rings. The van der Waals surface area contributed by atoms with Crippen LogP contribution in [-0.4, -0.2) is 26.3 Å². The van der Waals surface area contributed by atoms with E-state index in [9.17, 15) is 0 Å². The van der Waals surface area contributed by atoms with Crippen molar-refractivity contribution < 1.29 is 0 Å². The normalized spacial score (nSPS) is 15.7. The Hall–Kier alpha value is -2.91. The summed E-state index contributed by atoms with van der Waals surface area (Å²) in [5.74, 6) is 0.939. The van der Waals surface area contributed by atoms with Crippen molar-refractivity contribution in [2.45, 2.75) is 26.8 Å². The molecule has 3 heterocycles. The molecular weight excluding hydrogens is 360 g/mol. The Bertz CT molecular complexity index is 1030. The number of nitrogens with zero attached hydrogens (tertiary/aromatic N) is 6. The summed E-state index contributed by atoms with van der Waals surface area (Å²) in [5, 5.41) is 14.4. The lowest BCUT2D eigenvalue weighted by atomic mass is 9.87. The average molecular weight is 379 g/mol. The zero-order valence-corrected chi connectivity index (χ0v) is 16.0. The van der Waals surface area contributed by atoms with Crippen LogP contribution in [0.5, 0.6) is 0 Å². The molecule has 0 amide bonds. The maximum atomic E-state index is 9.11. The maximum absolute atomic E-state index is 9.11. The lowest BCUT2D eigenvalue weighted by Crippen LogP contribution is -2.33. The van der Waals surface area contributed by atoms with E-state index in [-0.39, 0.29) is 11.2 Å². The summed E-state index contributed by atoms with van der Waals surface area (Å²) in [6.07, 6.45) is 4.40. The first-order valence-electron chi connectivity index (χ1n) is 8.76. The molecule has 0 radical (unpaired) electrons. The van der Waals surface area contributed by atoms with Crippen molar-refractivity contribution in [1.29, 1.82) is 5.26 Å². The number of benzene rings is 1. The van der Waals surface area contributed by atoms with Crippen LogP contribution in [0, 0.1) is 16.7 Å². The Labute approximate surface area is 163 Å². The Kier molecular flexibility index (Phi) is 4.33. The average Bonchev–Trinajstić information content (AvgIpc) is 2.96. The first-order valence-corrected chi connectivity index (χ1v) is 9.13. The Morgan fingerprint density at radius 1 is 1.22 bits per heavy atom. The van der Waals surface area contributed by atoms with Gasteiger partial charge in [-0.25, -0.2) is 14.6 Å². The third kappa shape index (κ3) is 3.38. The van der Waals surface area contributed by atoms with Gasteiger partial charge in [0, 0.05) is 30.5 Å². The topological polar surface area (TPSA) is 70.6 Å². The summed E-state index contributed by atoms with van der Waals surface area (Å²) in [4.78, 5) is 10.5. The van der Waals surface area contributed by atoms with Crippen LogP contribution in [0.15, 0.2) is 42.7 Å². The largest absolute Gasteiger partial charge is 0.351 e. The van der Waals surface area contributed by atoms with E-state index < -0.39 is 0 Å². The van der Waals surface area contributed by atoms with Crippen LogP contribution >= 0.6 is 11.6 Å². The molecule has 3 aromatic rings. The molecule has 0 bridgehead atoms. The van der Waals surface area contributed by atoms with E-state index in [2.05, 4.69) is 33.8 Å². The van der Waals surface area contributed by atoms with Crippen molar-refractivity contribution in [1.82, 2.24) is 19.7 Å². The van der Waals surface area contributed by atoms with E-state index in [1.807, 2.05) is 47.3 Å². The third-order valence-corrected chi connectivity index (χ3v) is 5.05. The van der Waals surface area contributed by atoms with Gasteiger partial charge in [-0.15, -0.1) is 0 Å². The number of para-hydroxylation sites is 1. The molecule has 0 aliphatic carbocycles. The fourth-order valence-corrected chi connectivity index (χ4v) is 3.80. The van der Waals surface area contributed by atoms with Gasteiger partial charge in [0.05, 0.1) is 16.9 Å². The predicted octanol–water partition coefficient (Wildman–Crippen LogP) is 3.78. The van der Waals surface area contributed by atoms with Gasteiger partial charge in [0.15, 0.2) is 0 Å². The van der Waals surface area contributed by atoms with Crippen LogP contribution in [0.25, 0.3) is 5.69 Å². The van der Waals surface area contributed by atoms with E-state index in [0.29, 0.717) is 11.6 Å². The molecule has 0 N–H and O–H groups in total. The fourth-order valence-electron chi connectivity index (χ4n) is 3.59. The van der Waals surface area contributed by atoms with Crippen LogP contribution in [0.2, 0.25) is 5.02 Å². The summed E-state index contributed by atoms with van der Waals surface area (Å²) in [7, 11) is 0. The number of nitriles is 1. The van der Waals surface area contributed by atoms with E-state index >= 15 is 0 Å². The number of rotatable bonds is 2. The molecule has 0 atom stereocenters. The number of aromatic nitrogens is 4. The van der Waals surface area contributed by atoms with E-state index in [4.69, 9.17) is 16.9 Å². The van der Waals surface area contributed by atoms with Crippen molar-refractivity contribution in [3.8, 4) is 11.8 Å². The van der Waals surface area contributed by atoms with Gasteiger partial charge >= 0.3 is 0 Å². The van der Waals surface area contributed by atoms with Gasteiger partial charge in [0.25, 0.3) is 0 Å². The highest BCUT2D eigenvalue weighted by atomic mass is 35.5. The predicted molar refractivity (Wildman–Crippen MR) is 104 cm³/mol. The second-order valence-electron chi connectivity index (χ2n) is 7.53. The molecule has 0 saturated carbocycles. The first kappa shape index (κ1) is 17.5. The molecule has 0 saturated heterocycles. The third-order valence-electron chi connectivity index (χ3n) is 4.73. The molecule has 2 aromatic heterocycles. The molecule has 1 aliphatic rings. The smallest absolute Gasteiger partial charge is 0.234 e. The molecular formula is C20H19ClN6. The van der Waals surface area contributed by atoms with E-state index in [0.717, 1.165) is 35.7 Å². The van der Waals surface area contributed by atoms with Crippen LogP contribution < -0.4 is 4.90 Å². The maximum Gasteiger partial charge on any atom is 0.234 e. The second kappa shape index (κ2) is 6.67. The van der Waals surface area contributed by atoms with Gasteiger partial charge < -0.3 is 4.90 Å². The van der Waals surface area contributed by atoms with Crippen LogP contribution in [0.4, 0.5) is 5.82 Å². The van der Waals surface area contributed by atoms with Crippen molar-refractivity contribution in [3.05, 3.63) is 64.8 Å². The number of halogens is 1. The van der Waals surface area contributed by atoms with E-state index in [1.54, 1.807) is 6.20 Å². The number of hydrogen-bond donors (Lipinski definition) is 0. The van der Waals surface area contributed by atoms with Crippen molar-refractivity contribution in [2.75, 3.05) is 11.4 Å². The van der Waals surface area contributed by atoms with Crippen molar-refractivity contribution in [2.24, 2.45) is 5.41 Å². The Balaban J connectivity index is 1.78. The molecule has 7 heteroatoms. The van der Waals surface area contributed by atoms with Crippen molar-refractivity contribution in [3.63, 3.8) is 0 Å². The number of anilines is 1. The molecule has 6 nitrogen and oxygen atoms in total. The van der Waals surface area contributed by atoms with Gasteiger partial charge in [-0.2, -0.15) is 10.4 Å². The SMILES string of the molecule is CC1(C)Cc2c(cnn2-c2ccccc2Cl)CN(c2ccnc(C#N)n2)C1. The quantitative estimate of drug-likeness (QED) is 0.678. The Morgan fingerprint density at radius 3 is 2.81 bits per heavy atom. The number of fused-ring (bicyclic) bond motifs is 1. The van der Waals surface area contributed by atoms with Crippen molar-refractivity contribution >= 4 is 17.4 Å². The van der Waals surface area contributed by atoms with Crippen LogP contribution in [-0.2, 0) is 13.0 Å². The lowest BCUT2D eigenvalue weighted by molar-refractivity contribution is 0.363. The summed E-state index contributed by atoms with van der Waals surface area (Å²) in [6.45, 7) is 5.94. The molecule has 0 spiro atoms. The zero-order chi connectivity index (χ0) is 19.0. The van der Waals surface area contributed by atoms with Gasteiger partial charge in [0.2, 0.25) is 5.82 Å². The highest BCUT2D eigenvalue weighted by molar-refractivity contribution is 6.32. The monoisotopic (exact) mass is 378 g/mol. The highest BCUT2D eigenvalue weighted by Crippen LogP contribution is 2.34. The van der Waals surface area contributed by atoms with Gasteiger partial charge in [0.1, 0.15) is 11.9 Å². The van der Waals surface area contributed by atoms with Gasteiger partial charge in [-0.3, -0.25) is 0 Å². The minimum absolute atomic E-state index is 0.0119. The fraction of sp³-hybridized carbons (Fsp3) is 0.300. The summed E-state index contributed by atoms with van der Waals surface area (Å²) in [5.41, 5.74) is 3.17. The minimum Gasteiger partial charge on any atom is -0.351 e. The molecule has 1 aliphatic heterocycles. The molecule has 0 unspecified atom stereocenters. The standard InChI is InChI=1S/C20H19ClN6/c1-20(2)9-17-14(11-24-27(17)16-6-4-3-5-15(16)21)12-26(13-20)19-7-8-23-18(10-22)25-19/h3-8,11H,9,12-13H2,1-2H3. The lowest BCUT2D eigenvalue weighted by Gasteiger charge is -2.30. The minimum atomic E-state index is -0.0119. The summed E-state index contributed by atoms with van der Waals surface area (Å²) >= 11 is 6.41. The van der Waals surface area contributed by atoms with Crippen LogP contribution in [0.3, 0.4) is 0 Å². The molecule has 1 aromatic carbocycles. The summed E-state index contributed by atoms with van der Waals surface area (Å²) < 4.78 is 1.95.